The van der Waals surface area contributed by atoms with Crippen molar-refractivity contribution < 1.29 is 23.6 Å². The molecule has 0 aliphatic rings. The van der Waals surface area contributed by atoms with Crippen LogP contribution in [0.1, 0.15) is 10.4 Å². The van der Waals surface area contributed by atoms with Gasteiger partial charge in [-0.1, -0.05) is 6.07 Å². The highest BCUT2D eigenvalue weighted by atomic mass is 19.1. The lowest BCUT2D eigenvalue weighted by atomic mass is 10.1. The Labute approximate surface area is 186 Å². The molecule has 4 rings (SSSR count). The number of carbonyl (C=O) groups is 1. The average Bonchev–Trinajstić information content (AvgIpc) is 3.15. The first kappa shape index (κ1) is 21.7. The number of aryl methyl sites for hydroxylation is 1. The number of fused-ring (bicyclic) bond motifs is 1. The van der Waals surface area contributed by atoms with Gasteiger partial charge >= 0.3 is 11.7 Å². The average molecular weight is 451 g/mol. The molecule has 0 spiro atoms. The van der Waals surface area contributed by atoms with Gasteiger partial charge in [-0.25, -0.2) is 14.8 Å². The molecule has 0 aliphatic carbocycles. The van der Waals surface area contributed by atoms with E-state index in [2.05, 4.69) is 15.3 Å². The number of carbonyl (C=O) groups excluding carboxylic acids is 1. The van der Waals surface area contributed by atoms with Crippen LogP contribution in [-0.4, -0.2) is 39.6 Å². The first-order chi connectivity index (χ1) is 15.8. The van der Waals surface area contributed by atoms with Gasteiger partial charge in [0.15, 0.2) is 0 Å². The van der Waals surface area contributed by atoms with Crippen LogP contribution in [0.5, 0.6) is 5.75 Å². The maximum absolute atomic E-state index is 13.9. The Morgan fingerprint density at radius 1 is 1.21 bits per heavy atom. The molecule has 33 heavy (non-hydrogen) atoms. The van der Waals surface area contributed by atoms with E-state index in [4.69, 9.17) is 9.47 Å². The molecule has 0 amide bonds. The first-order valence-corrected chi connectivity index (χ1v) is 9.62. The van der Waals surface area contributed by atoms with Crippen molar-refractivity contribution in [2.45, 2.75) is 0 Å². The summed E-state index contributed by atoms with van der Waals surface area (Å²) >= 11 is 0. The minimum atomic E-state index is -1.01. The van der Waals surface area contributed by atoms with E-state index in [1.807, 2.05) is 17.8 Å². The monoisotopic (exact) mass is 451 g/mol. The van der Waals surface area contributed by atoms with Gasteiger partial charge in [0.1, 0.15) is 5.75 Å². The van der Waals surface area contributed by atoms with E-state index in [1.165, 1.54) is 20.4 Å². The Morgan fingerprint density at radius 2 is 2.00 bits per heavy atom. The molecule has 11 heteroatoms. The lowest BCUT2D eigenvalue weighted by molar-refractivity contribution is -0.387. The summed E-state index contributed by atoms with van der Waals surface area (Å²) in [6.07, 6.45) is 3.39. The van der Waals surface area contributed by atoms with Crippen molar-refractivity contribution in [1.82, 2.24) is 14.5 Å². The third-order valence-electron chi connectivity index (χ3n) is 5.06. The maximum Gasteiger partial charge on any atom is 0.337 e. The fourth-order valence-corrected chi connectivity index (χ4v) is 3.47. The number of halogens is 1. The molecular formula is C22H18FN5O5. The summed E-state index contributed by atoms with van der Waals surface area (Å²) in [5.74, 6) is -1.25. The molecule has 168 valence electrons. The number of benzene rings is 2. The van der Waals surface area contributed by atoms with Crippen LogP contribution >= 0.6 is 0 Å². The van der Waals surface area contributed by atoms with Gasteiger partial charge in [-0.3, -0.25) is 10.1 Å². The van der Waals surface area contributed by atoms with Gasteiger partial charge in [-0.05, 0) is 18.2 Å². The molecule has 0 fully saturated rings. The molecule has 0 radical (unpaired) electrons. The molecule has 0 unspecified atom stereocenters. The quantitative estimate of drug-likeness (QED) is 0.263. The highest BCUT2D eigenvalue weighted by molar-refractivity contribution is 6.00. The number of anilines is 2. The lowest BCUT2D eigenvalue weighted by Gasteiger charge is -2.11. The summed E-state index contributed by atoms with van der Waals surface area (Å²) < 4.78 is 25.7. The smallest absolute Gasteiger partial charge is 0.337 e. The Bertz CT molecular complexity index is 1400. The van der Waals surface area contributed by atoms with Gasteiger partial charge in [0.2, 0.25) is 11.8 Å². The molecule has 2 aromatic carbocycles. The molecule has 0 saturated carbocycles. The second-order valence-corrected chi connectivity index (χ2v) is 7.03. The number of aromatic nitrogens is 3. The van der Waals surface area contributed by atoms with Crippen molar-refractivity contribution in [3.63, 3.8) is 0 Å². The molecule has 0 aliphatic heterocycles. The highest BCUT2D eigenvalue weighted by Crippen LogP contribution is 2.34. The molecule has 1 N–H and O–H groups in total. The van der Waals surface area contributed by atoms with E-state index in [-0.39, 0.29) is 17.4 Å². The van der Waals surface area contributed by atoms with E-state index in [9.17, 15) is 19.3 Å². The second kappa shape index (κ2) is 8.54. The van der Waals surface area contributed by atoms with Crippen LogP contribution in [0.2, 0.25) is 0 Å². The normalized spacial score (nSPS) is 10.8. The molecule has 0 atom stereocenters. The molecule has 0 bridgehead atoms. The zero-order valence-corrected chi connectivity index (χ0v) is 17.8. The van der Waals surface area contributed by atoms with Crippen LogP contribution in [0.25, 0.3) is 22.2 Å². The summed E-state index contributed by atoms with van der Waals surface area (Å²) in [4.78, 5) is 30.8. The van der Waals surface area contributed by atoms with Crippen LogP contribution in [0, 0.1) is 15.9 Å². The van der Waals surface area contributed by atoms with Gasteiger partial charge in [0, 0.05) is 48.0 Å². The Kier molecular flexibility index (Phi) is 5.61. The molecule has 10 nitrogen and oxygen atoms in total. The van der Waals surface area contributed by atoms with Crippen LogP contribution in [0.3, 0.4) is 0 Å². The molecule has 0 saturated heterocycles. The summed E-state index contributed by atoms with van der Waals surface area (Å²) in [6.45, 7) is 0. The largest absolute Gasteiger partial charge is 0.494 e. The number of hydrogen-bond donors (Lipinski definition) is 1. The molecule has 4 aromatic rings. The van der Waals surface area contributed by atoms with Gasteiger partial charge in [-0.15, -0.1) is 0 Å². The minimum Gasteiger partial charge on any atom is -0.494 e. The first-order valence-electron chi connectivity index (χ1n) is 9.62. The van der Waals surface area contributed by atoms with Gasteiger partial charge in [-0.2, -0.15) is 4.39 Å². The number of nitrogens with zero attached hydrogens (tertiary/aromatic N) is 4. The Morgan fingerprint density at radius 3 is 2.70 bits per heavy atom. The molecule has 2 aromatic heterocycles. The van der Waals surface area contributed by atoms with Crippen molar-refractivity contribution in [1.29, 1.82) is 0 Å². The van der Waals surface area contributed by atoms with E-state index in [1.54, 1.807) is 24.3 Å². The van der Waals surface area contributed by atoms with Crippen molar-refractivity contribution in [3.05, 3.63) is 70.3 Å². The topological polar surface area (TPSA) is 121 Å². The van der Waals surface area contributed by atoms with Gasteiger partial charge in [0.05, 0.1) is 36.1 Å². The van der Waals surface area contributed by atoms with E-state index in [0.717, 1.165) is 28.6 Å². The van der Waals surface area contributed by atoms with Crippen molar-refractivity contribution >= 4 is 34.2 Å². The minimum absolute atomic E-state index is 0.0626. The second-order valence-electron chi connectivity index (χ2n) is 7.03. The molecule has 2 heterocycles. The van der Waals surface area contributed by atoms with E-state index < -0.39 is 22.4 Å². The van der Waals surface area contributed by atoms with Crippen LogP contribution in [0.15, 0.2) is 48.8 Å². The van der Waals surface area contributed by atoms with Crippen LogP contribution in [-0.2, 0) is 11.8 Å². The molecular weight excluding hydrogens is 433 g/mol. The summed E-state index contributed by atoms with van der Waals surface area (Å²) in [7, 11) is 4.49. The van der Waals surface area contributed by atoms with Crippen molar-refractivity contribution in [2.75, 3.05) is 19.5 Å². The third-order valence-corrected chi connectivity index (χ3v) is 5.06. The van der Waals surface area contributed by atoms with Crippen LogP contribution < -0.4 is 10.1 Å². The predicted octanol–water partition coefficient (Wildman–Crippen LogP) is 4.22. The van der Waals surface area contributed by atoms with Gasteiger partial charge < -0.3 is 19.4 Å². The highest BCUT2D eigenvalue weighted by Gasteiger charge is 2.20. The van der Waals surface area contributed by atoms with E-state index >= 15 is 0 Å². The van der Waals surface area contributed by atoms with E-state index in [0.29, 0.717) is 11.3 Å². The fraction of sp³-hybridized carbons (Fsp3) is 0.136. The number of nitro groups is 1. The number of nitro benzene ring substituents is 1. The third kappa shape index (κ3) is 4.03. The maximum atomic E-state index is 13.9. The zero-order valence-electron chi connectivity index (χ0n) is 17.8. The lowest BCUT2D eigenvalue weighted by Crippen LogP contribution is -2.02. The number of rotatable bonds is 6. The number of nitrogens with one attached hydrogen (secondary N) is 1. The van der Waals surface area contributed by atoms with Crippen molar-refractivity contribution in [2.24, 2.45) is 7.05 Å². The fourth-order valence-electron chi connectivity index (χ4n) is 3.47. The number of esters is 1. The summed E-state index contributed by atoms with van der Waals surface area (Å²) in [5.41, 5.74) is 2.02. The Balaban J connectivity index is 1.74. The number of ether oxygens (including phenoxy) is 2. The number of methoxy groups -OCH3 is 2. The summed E-state index contributed by atoms with van der Waals surface area (Å²) in [6, 6.07) is 8.86. The Hall–Kier alpha value is -4.54. The standard InChI is InChI=1S/C22H18FN5O5/c1-27-11-14(13-5-4-12(8-18(13)27)21(29)33-3)16-6-7-24-22(25-16)26-17-10-19(28(30)31)15(23)9-20(17)32-2/h4-11H,1-3H3,(H,24,25,26). The zero-order chi connectivity index (χ0) is 23.7. The van der Waals surface area contributed by atoms with Crippen molar-refractivity contribution in [3.8, 4) is 17.0 Å². The summed E-state index contributed by atoms with van der Waals surface area (Å²) in [5, 5.41) is 14.8. The predicted molar refractivity (Wildman–Crippen MR) is 118 cm³/mol. The van der Waals surface area contributed by atoms with Crippen LogP contribution in [0.4, 0.5) is 21.7 Å². The SMILES string of the molecule is COC(=O)c1ccc2c(-c3ccnc(Nc4cc([N+](=O)[O-])c(F)cc4OC)n3)cn(C)c2c1. The van der Waals surface area contributed by atoms with Gasteiger partial charge in [0.25, 0.3) is 0 Å². The number of hydrogen-bond acceptors (Lipinski definition) is 8.